The van der Waals surface area contributed by atoms with Crippen LogP contribution in [0.25, 0.3) is 214 Å². The van der Waals surface area contributed by atoms with Crippen molar-refractivity contribution in [3.05, 3.63) is 320 Å². The Hall–Kier alpha value is -12.7. The van der Waals surface area contributed by atoms with Gasteiger partial charge >= 0.3 is 0 Å². The van der Waals surface area contributed by atoms with Crippen LogP contribution in [0.2, 0.25) is 0 Å². The molecule has 0 amide bonds. The van der Waals surface area contributed by atoms with Gasteiger partial charge in [-0.2, -0.15) is 0 Å². The number of para-hydroxylation sites is 8. The Bertz CT molecular complexity index is 7150. The third-order valence-electron chi connectivity index (χ3n) is 21.2. The fourth-order valence-corrected chi connectivity index (χ4v) is 17.8. The van der Waals surface area contributed by atoms with Gasteiger partial charge in [-0.1, -0.05) is 259 Å². The zero-order chi connectivity index (χ0) is 64.7. The average molecular weight is 1330 g/mol. The van der Waals surface area contributed by atoms with E-state index in [0.29, 0.717) is 0 Å². The highest BCUT2D eigenvalue weighted by molar-refractivity contribution is 9.10. The zero-order valence-corrected chi connectivity index (χ0v) is 54.6. The van der Waals surface area contributed by atoms with Crippen molar-refractivity contribution in [3.8, 4) is 61.6 Å². The van der Waals surface area contributed by atoms with Gasteiger partial charge in [0.05, 0.1) is 65.8 Å². The SMILES string of the molecule is Brc1ccc2c3c(cccc13)-c1ccccc1-2.c1ccc(-n2c3ccccc3c3c4[nH]c5ccccc5c4c4oc5ccccc5c4c32)cc1.c1ccc(-n2c3ccccc3c3c4c(c5ccccc5n4-c4ccc5c6c(cccc46)-c4ccccc4-5)c4oc5ccccc5c4c32)cc1. The predicted octanol–water partition coefficient (Wildman–Crippen LogP) is 26.1. The summed E-state index contributed by atoms with van der Waals surface area (Å²) in [6.45, 7) is 0. The van der Waals surface area contributed by atoms with Crippen molar-refractivity contribution in [1.82, 2.24) is 18.7 Å². The first kappa shape index (κ1) is 54.6. The number of nitrogens with zero attached hydrogens (tertiary/aromatic N) is 3. The summed E-state index contributed by atoms with van der Waals surface area (Å²) in [6.07, 6.45) is 0. The Morgan fingerprint density at radius 2 is 0.616 bits per heavy atom. The molecule has 0 unspecified atom stereocenters. The molecule has 0 bridgehead atoms. The number of benzene rings is 16. The first-order chi connectivity index (χ1) is 49.1. The van der Waals surface area contributed by atoms with E-state index in [1.165, 1.54) is 142 Å². The third-order valence-corrected chi connectivity index (χ3v) is 21.9. The van der Waals surface area contributed by atoms with Crippen LogP contribution in [-0.2, 0) is 0 Å². The molecule has 0 radical (unpaired) electrons. The number of H-pyrrole nitrogens is 1. The van der Waals surface area contributed by atoms with E-state index in [1.54, 1.807) is 0 Å². The topological polar surface area (TPSA) is 56.9 Å². The Morgan fingerprint density at radius 3 is 1.19 bits per heavy atom. The van der Waals surface area contributed by atoms with E-state index in [2.05, 4.69) is 344 Å². The van der Waals surface area contributed by atoms with Crippen LogP contribution in [0.1, 0.15) is 0 Å². The highest BCUT2D eigenvalue weighted by atomic mass is 79.9. The second-order valence-corrected chi connectivity index (χ2v) is 27.1. The van der Waals surface area contributed by atoms with Gasteiger partial charge in [0.2, 0.25) is 0 Å². The van der Waals surface area contributed by atoms with Crippen molar-refractivity contribution in [1.29, 1.82) is 0 Å². The van der Waals surface area contributed by atoms with E-state index >= 15 is 0 Å². The fourth-order valence-electron chi connectivity index (χ4n) is 17.3. The molecule has 0 spiro atoms. The number of hydrogen-bond acceptors (Lipinski definition) is 2. The van der Waals surface area contributed by atoms with E-state index < -0.39 is 0 Å². The highest BCUT2D eigenvalue weighted by Gasteiger charge is 2.31. The number of aromatic amines is 1. The standard InChI is InChI=1S/C46H26N2O.C30H18N2O.C16H9Br/c1-2-13-27(14-3-1)47-36-22-9-6-17-33(36)41-44(47)43-35-19-8-11-24-39(35)49-46(43)42-34-18-7-10-23-37(34)48(45(41)42)38-26-25-31-29-16-5-4-15-28(29)30-20-12-21-32(38)40(30)31;1-2-10-18(11-3-1)32-23-16-8-5-13-20(23)25-28-26(19-12-4-7-15-22(19)31-28)30-27(29(25)32)21-14-6-9-17-24(21)33-30;17-15-9-8-13-11-5-2-1-4-10(11)12-6-3-7-14(15)16(12)13/h1-26H;1-17,31H;1-9H. The summed E-state index contributed by atoms with van der Waals surface area (Å²) >= 11 is 3.64. The van der Waals surface area contributed by atoms with Crippen LogP contribution in [0.5, 0.6) is 0 Å². The first-order valence-electron chi connectivity index (χ1n) is 33.8. The molecule has 0 saturated heterocycles. The Morgan fingerprint density at radius 1 is 0.242 bits per heavy atom. The molecule has 2 aliphatic rings. The molecule has 24 rings (SSSR count). The van der Waals surface area contributed by atoms with Crippen LogP contribution in [0.4, 0.5) is 0 Å². The first-order valence-corrected chi connectivity index (χ1v) is 34.6. The lowest BCUT2D eigenvalue weighted by Gasteiger charge is -2.14. The lowest BCUT2D eigenvalue weighted by atomic mass is 10.0. The van der Waals surface area contributed by atoms with Crippen molar-refractivity contribution < 1.29 is 8.83 Å². The zero-order valence-electron chi connectivity index (χ0n) is 53.1. The lowest BCUT2D eigenvalue weighted by Crippen LogP contribution is -1.97. The number of fused-ring (bicyclic) bond motifs is 30. The molecule has 99 heavy (non-hydrogen) atoms. The summed E-state index contributed by atoms with van der Waals surface area (Å²) in [7, 11) is 0. The number of nitrogens with one attached hydrogen (secondary N) is 1. The second kappa shape index (κ2) is 20.7. The van der Waals surface area contributed by atoms with Gasteiger partial charge < -0.3 is 27.5 Å². The van der Waals surface area contributed by atoms with Gasteiger partial charge in [-0.3, -0.25) is 0 Å². The molecule has 2 aliphatic carbocycles. The normalized spacial score (nSPS) is 12.3. The molecular weight excluding hydrogens is 1270 g/mol. The van der Waals surface area contributed by atoms with Crippen molar-refractivity contribution in [2.75, 3.05) is 0 Å². The van der Waals surface area contributed by atoms with E-state index in [9.17, 15) is 0 Å². The van der Waals surface area contributed by atoms with Crippen molar-refractivity contribution in [2.45, 2.75) is 0 Å². The summed E-state index contributed by atoms with van der Waals surface area (Å²) in [6, 6.07) is 113. The van der Waals surface area contributed by atoms with Gasteiger partial charge in [0.25, 0.3) is 0 Å². The Labute approximate surface area is 573 Å². The van der Waals surface area contributed by atoms with E-state index in [0.717, 1.165) is 77.1 Å². The number of rotatable bonds is 3. The minimum absolute atomic E-state index is 0.899. The van der Waals surface area contributed by atoms with Gasteiger partial charge in [-0.15, -0.1) is 0 Å². The third kappa shape index (κ3) is 7.48. The number of hydrogen-bond donors (Lipinski definition) is 1. The van der Waals surface area contributed by atoms with E-state index in [-0.39, 0.29) is 0 Å². The van der Waals surface area contributed by atoms with Crippen LogP contribution in [0, 0.1) is 0 Å². The summed E-state index contributed by atoms with van der Waals surface area (Å²) in [5, 5.41) is 19.4. The van der Waals surface area contributed by atoms with E-state index in [1.807, 2.05) is 6.07 Å². The molecule has 0 aliphatic heterocycles. The summed E-state index contributed by atoms with van der Waals surface area (Å²) in [5.41, 5.74) is 27.1. The maximum atomic E-state index is 6.97. The monoisotopic (exact) mass is 1320 g/mol. The van der Waals surface area contributed by atoms with E-state index in [4.69, 9.17) is 8.83 Å². The highest BCUT2D eigenvalue weighted by Crippen LogP contribution is 2.54. The number of aromatic nitrogens is 4. The van der Waals surface area contributed by atoms with Crippen LogP contribution >= 0.6 is 15.9 Å². The summed E-state index contributed by atoms with van der Waals surface area (Å²) < 4.78 is 22.1. The number of furan rings is 2. The summed E-state index contributed by atoms with van der Waals surface area (Å²) in [4.78, 5) is 3.74. The minimum Gasteiger partial charge on any atom is -0.455 e. The van der Waals surface area contributed by atoms with Crippen LogP contribution in [0.15, 0.2) is 329 Å². The van der Waals surface area contributed by atoms with Crippen molar-refractivity contribution in [3.63, 3.8) is 0 Å². The largest absolute Gasteiger partial charge is 0.455 e. The molecule has 6 heterocycles. The van der Waals surface area contributed by atoms with Gasteiger partial charge in [0, 0.05) is 69.8 Å². The molecule has 1 N–H and O–H groups in total. The van der Waals surface area contributed by atoms with Crippen LogP contribution < -0.4 is 0 Å². The predicted molar refractivity (Wildman–Crippen MR) is 418 cm³/mol. The Kier molecular flexibility index (Phi) is 11.4. The molecule has 0 fully saturated rings. The smallest absolute Gasteiger partial charge is 0.147 e. The quantitative estimate of drug-likeness (QED) is 0.192. The molecule has 7 heteroatoms. The molecule has 6 aromatic heterocycles. The fraction of sp³-hybridized carbons (Fsp3) is 0. The van der Waals surface area contributed by atoms with Gasteiger partial charge in [-0.25, -0.2) is 0 Å². The maximum Gasteiger partial charge on any atom is 0.147 e. The van der Waals surface area contributed by atoms with Gasteiger partial charge in [0.1, 0.15) is 22.3 Å². The van der Waals surface area contributed by atoms with Crippen molar-refractivity contribution >= 4 is 169 Å². The molecule has 16 aromatic carbocycles. The van der Waals surface area contributed by atoms with Gasteiger partial charge in [-0.05, 0) is 133 Å². The van der Waals surface area contributed by atoms with Crippen LogP contribution in [-0.4, -0.2) is 18.7 Å². The molecular formula is C92H53BrN4O2. The maximum absolute atomic E-state index is 6.97. The average Bonchev–Trinajstić information content (AvgIpc) is 1.52. The van der Waals surface area contributed by atoms with Crippen LogP contribution in [0.3, 0.4) is 0 Å². The molecule has 6 nitrogen and oxygen atoms in total. The second-order valence-electron chi connectivity index (χ2n) is 26.2. The van der Waals surface area contributed by atoms with Crippen molar-refractivity contribution in [2.24, 2.45) is 0 Å². The molecule has 0 saturated carbocycles. The molecule has 22 aromatic rings. The lowest BCUT2D eigenvalue weighted by molar-refractivity contribution is 0.672. The Balaban J connectivity index is 0.000000107. The minimum atomic E-state index is 0.899. The molecule has 460 valence electrons. The summed E-state index contributed by atoms with van der Waals surface area (Å²) in [5.74, 6) is 0. The van der Waals surface area contributed by atoms with Gasteiger partial charge in [0.15, 0.2) is 0 Å². The number of halogens is 1. The molecule has 0 atom stereocenters.